The van der Waals surface area contributed by atoms with Gasteiger partial charge in [0, 0.05) is 31.5 Å². The van der Waals surface area contributed by atoms with Gasteiger partial charge in [-0.05, 0) is 35.4 Å². The number of methoxy groups -OCH3 is 1. The maximum Gasteiger partial charge on any atom is 0.184 e. The SMILES string of the molecule is COCCCCn1nnnc1-c1ccccc1N. The molecule has 0 amide bonds. The van der Waals surface area contributed by atoms with Gasteiger partial charge in [-0.3, -0.25) is 0 Å². The third-order valence-corrected chi connectivity index (χ3v) is 2.70. The van der Waals surface area contributed by atoms with Gasteiger partial charge in [0.15, 0.2) is 5.82 Å². The zero-order valence-corrected chi connectivity index (χ0v) is 10.4. The van der Waals surface area contributed by atoms with Crippen molar-refractivity contribution in [2.45, 2.75) is 19.4 Å². The number of anilines is 1. The Labute approximate surface area is 106 Å². The van der Waals surface area contributed by atoms with Crippen molar-refractivity contribution < 1.29 is 4.74 Å². The lowest BCUT2D eigenvalue weighted by Gasteiger charge is -2.06. The number of nitrogen functional groups attached to an aromatic ring is 1. The molecule has 0 radical (unpaired) electrons. The van der Waals surface area contributed by atoms with Crippen molar-refractivity contribution in [2.24, 2.45) is 0 Å². The number of unbranched alkanes of at least 4 members (excludes halogenated alkanes) is 1. The van der Waals surface area contributed by atoms with Crippen LogP contribution in [0, 0.1) is 0 Å². The Bertz CT molecular complexity index is 497. The van der Waals surface area contributed by atoms with Crippen LogP contribution in [0.15, 0.2) is 24.3 Å². The Kier molecular flexibility index (Phi) is 4.25. The monoisotopic (exact) mass is 247 g/mol. The largest absolute Gasteiger partial charge is 0.398 e. The minimum absolute atomic E-state index is 0.686. The van der Waals surface area contributed by atoms with E-state index in [4.69, 9.17) is 10.5 Å². The first-order valence-corrected chi connectivity index (χ1v) is 5.93. The number of ether oxygens (including phenoxy) is 1. The van der Waals surface area contributed by atoms with Crippen molar-refractivity contribution in [1.82, 2.24) is 20.2 Å². The van der Waals surface area contributed by atoms with Crippen molar-refractivity contribution in [2.75, 3.05) is 19.5 Å². The topological polar surface area (TPSA) is 78.8 Å². The van der Waals surface area contributed by atoms with Gasteiger partial charge in [0.05, 0.1) is 0 Å². The summed E-state index contributed by atoms with van der Waals surface area (Å²) in [5.41, 5.74) is 7.48. The molecule has 6 nitrogen and oxygen atoms in total. The van der Waals surface area contributed by atoms with Gasteiger partial charge in [-0.2, -0.15) is 0 Å². The van der Waals surface area contributed by atoms with Crippen LogP contribution in [-0.4, -0.2) is 33.9 Å². The lowest BCUT2D eigenvalue weighted by molar-refractivity contribution is 0.191. The predicted molar refractivity (Wildman–Crippen MR) is 68.8 cm³/mol. The molecular weight excluding hydrogens is 230 g/mol. The molecule has 1 aromatic heterocycles. The first-order valence-electron chi connectivity index (χ1n) is 5.93. The van der Waals surface area contributed by atoms with Gasteiger partial charge in [-0.1, -0.05) is 12.1 Å². The Hall–Kier alpha value is -1.95. The molecule has 18 heavy (non-hydrogen) atoms. The van der Waals surface area contributed by atoms with Crippen LogP contribution in [0.2, 0.25) is 0 Å². The fraction of sp³-hybridized carbons (Fsp3) is 0.417. The highest BCUT2D eigenvalue weighted by molar-refractivity contribution is 5.70. The number of nitrogens with zero attached hydrogens (tertiary/aromatic N) is 4. The Morgan fingerprint density at radius 3 is 2.89 bits per heavy atom. The van der Waals surface area contributed by atoms with Crippen molar-refractivity contribution >= 4 is 5.69 Å². The number of nitrogens with two attached hydrogens (primary N) is 1. The number of tetrazole rings is 1. The van der Waals surface area contributed by atoms with E-state index >= 15 is 0 Å². The summed E-state index contributed by atoms with van der Waals surface area (Å²) < 4.78 is 6.79. The minimum Gasteiger partial charge on any atom is -0.398 e. The summed E-state index contributed by atoms with van der Waals surface area (Å²) in [6, 6.07) is 7.59. The second kappa shape index (κ2) is 6.11. The van der Waals surface area contributed by atoms with Crippen LogP contribution in [0.5, 0.6) is 0 Å². The Morgan fingerprint density at radius 2 is 2.11 bits per heavy atom. The lowest BCUT2D eigenvalue weighted by atomic mass is 10.1. The molecule has 0 unspecified atom stereocenters. The first-order chi connectivity index (χ1) is 8.83. The van der Waals surface area contributed by atoms with E-state index in [1.807, 2.05) is 24.3 Å². The molecule has 2 N–H and O–H groups in total. The summed E-state index contributed by atoms with van der Waals surface area (Å²) in [4.78, 5) is 0. The number of benzene rings is 1. The van der Waals surface area contributed by atoms with E-state index in [9.17, 15) is 0 Å². The molecule has 96 valence electrons. The van der Waals surface area contributed by atoms with Crippen molar-refractivity contribution in [3.63, 3.8) is 0 Å². The molecule has 0 aliphatic heterocycles. The molecule has 0 atom stereocenters. The Balaban J connectivity index is 2.10. The van der Waals surface area contributed by atoms with Gasteiger partial charge < -0.3 is 10.5 Å². The summed E-state index contributed by atoms with van der Waals surface area (Å²) in [7, 11) is 1.70. The fourth-order valence-corrected chi connectivity index (χ4v) is 1.76. The maximum absolute atomic E-state index is 5.93. The molecule has 0 fully saturated rings. The molecule has 2 aromatic rings. The van der Waals surface area contributed by atoms with E-state index in [0.29, 0.717) is 11.5 Å². The summed E-state index contributed by atoms with van der Waals surface area (Å²) in [5, 5.41) is 11.7. The van der Waals surface area contributed by atoms with E-state index in [1.54, 1.807) is 11.8 Å². The molecule has 0 spiro atoms. The van der Waals surface area contributed by atoms with Crippen LogP contribution in [0.1, 0.15) is 12.8 Å². The molecule has 0 bridgehead atoms. The second-order valence-electron chi connectivity index (χ2n) is 4.01. The van der Waals surface area contributed by atoms with Gasteiger partial charge in [-0.15, -0.1) is 5.10 Å². The summed E-state index contributed by atoms with van der Waals surface area (Å²) in [5.74, 6) is 0.713. The van der Waals surface area contributed by atoms with Crippen LogP contribution in [0.3, 0.4) is 0 Å². The van der Waals surface area contributed by atoms with Crippen LogP contribution in [0.25, 0.3) is 11.4 Å². The highest BCUT2D eigenvalue weighted by atomic mass is 16.5. The van der Waals surface area contributed by atoms with Gasteiger partial charge in [0.2, 0.25) is 0 Å². The third kappa shape index (κ3) is 2.84. The number of aryl methyl sites for hydroxylation is 1. The highest BCUT2D eigenvalue weighted by Gasteiger charge is 2.10. The molecule has 0 saturated heterocycles. The number of para-hydroxylation sites is 1. The van der Waals surface area contributed by atoms with Gasteiger partial charge in [0.1, 0.15) is 0 Å². The molecule has 6 heteroatoms. The second-order valence-corrected chi connectivity index (χ2v) is 4.01. The lowest BCUT2D eigenvalue weighted by Crippen LogP contribution is -2.05. The van der Waals surface area contributed by atoms with Gasteiger partial charge in [0.25, 0.3) is 0 Å². The number of rotatable bonds is 6. The average molecular weight is 247 g/mol. The van der Waals surface area contributed by atoms with Gasteiger partial charge in [-0.25, -0.2) is 4.68 Å². The van der Waals surface area contributed by atoms with E-state index in [0.717, 1.165) is 31.6 Å². The fourth-order valence-electron chi connectivity index (χ4n) is 1.76. The molecule has 1 aromatic carbocycles. The van der Waals surface area contributed by atoms with Crippen LogP contribution >= 0.6 is 0 Å². The van der Waals surface area contributed by atoms with E-state index < -0.39 is 0 Å². The first kappa shape index (κ1) is 12.5. The van der Waals surface area contributed by atoms with Crippen LogP contribution in [-0.2, 0) is 11.3 Å². The zero-order chi connectivity index (χ0) is 12.8. The van der Waals surface area contributed by atoms with Crippen LogP contribution < -0.4 is 5.73 Å². The molecule has 2 rings (SSSR count). The molecule has 0 saturated carbocycles. The van der Waals surface area contributed by atoms with Gasteiger partial charge >= 0.3 is 0 Å². The van der Waals surface area contributed by atoms with E-state index in [-0.39, 0.29) is 0 Å². The molecule has 0 aliphatic carbocycles. The number of hydrogen-bond donors (Lipinski definition) is 1. The molecular formula is C12H17N5O. The van der Waals surface area contributed by atoms with E-state index in [1.165, 1.54) is 0 Å². The minimum atomic E-state index is 0.686. The summed E-state index contributed by atoms with van der Waals surface area (Å²) in [6.45, 7) is 1.52. The maximum atomic E-state index is 5.93. The van der Waals surface area contributed by atoms with Crippen LogP contribution in [0.4, 0.5) is 5.69 Å². The average Bonchev–Trinajstić information content (AvgIpc) is 2.83. The quantitative estimate of drug-likeness (QED) is 0.615. The highest BCUT2D eigenvalue weighted by Crippen LogP contribution is 2.22. The summed E-state index contributed by atoms with van der Waals surface area (Å²) in [6.07, 6.45) is 1.96. The van der Waals surface area contributed by atoms with Crippen molar-refractivity contribution in [3.8, 4) is 11.4 Å². The third-order valence-electron chi connectivity index (χ3n) is 2.70. The molecule has 0 aliphatic rings. The molecule has 1 heterocycles. The van der Waals surface area contributed by atoms with E-state index in [2.05, 4.69) is 15.5 Å². The zero-order valence-electron chi connectivity index (χ0n) is 10.4. The standard InChI is InChI=1S/C12H17N5O/c1-18-9-5-4-8-17-12(14-15-16-17)10-6-2-3-7-11(10)13/h2-3,6-7H,4-5,8-9,13H2,1H3. The predicted octanol–water partition coefficient (Wildman–Crippen LogP) is 1.35. The Morgan fingerprint density at radius 1 is 1.28 bits per heavy atom. The normalized spacial score (nSPS) is 10.7. The van der Waals surface area contributed by atoms with Crippen molar-refractivity contribution in [1.29, 1.82) is 0 Å². The number of hydrogen-bond acceptors (Lipinski definition) is 5. The number of aromatic nitrogens is 4. The van der Waals surface area contributed by atoms with Crippen molar-refractivity contribution in [3.05, 3.63) is 24.3 Å². The smallest absolute Gasteiger partial charge is 0.184 e. The summed E-state index contributed by atoms with van der Waals surface area (Å²) >= 11 is 0.